The smallest absolute Gasteiger partial charge is 0.252 e. The number of amides is 1. The van der Waals surface area contributed by atoms with E-state index in [1.54, 1.807) is 31.3 Å². The monoisotopic (exact) mass is 295 g/mol. The Kier molecular flexibility index (Phi) is 3.77. The minimum absolute atomic E-state index is 0.151. The van der Waals surface area contributed by atoms with Crippen molar-refractivity contribution in [3.05, 3.63) is 71.8 Å². The van der Waals surface area contributed by atoms with Crippen LogP contribution < -0.4 is 0 Å². The molecule has 0 aromatic heterocycles. The van der Waals surface area contributed by atoms with Gasteiger partial charge in [0, 0.05) is 18.5 Å². The van der Waals surface area contributed by atoms with E-state index in [0.29, 0.717) is 5.56 Å². The van der Waals surface area contributed by atoms with Gasteiger partial charge in [-0.05, 0) is 5.56 Å². The van der Waals surface area contributed by atoms with Gasteiger partial charge in [-0.3, -0.25) is 9.59 Å². The van der Waals surface area contributed by atoms with E-state index in [0.717, 1.165) is 5.56 Å². The lowest BCUT2D eigenvalue weighted by Gasteiger charge is -2.24. The van der Waals surface area contributed by atoms with Crippen molar-refractivity contribution in [2.24, 2.45) is 0 Å². The predicted molar refractivity (Wildman–Crippen MR) is 82.5 cm³/mol. The topological polar surface area (TPSA) is 57.6 Å². The Balaban J connectivity index is 2.03. The summed E-state index contributed by atoms with van der Waals surface area (Å²) in [6.07, 6.45) is -1.19. The quantitative estimate of drug-likeness (QED) is 0.879. The van der Waals surface area contributed by atoms with Crippen molar-refractivity contribution in [1.29, 1.82) is 0 Å². The third kappa shape index (κ3) is 2.31. The zero-order chi connectivity index (χ0) is 15.7. The summed E-state index contributed by atoms with van der Waals surface area (Å²) in [6, 6.07) is 17.4. The van der Waals surface area contributed by atoms with Crippen LogP contribution in [0.15, 0.2) is 60.7 Å². The normalized spacial score (nSPS) is 24.5. The number of aliphatic hydroxyl groups is 1. The molecule has 4 heteroatoms. The van der Waals surface area contributed by atoms with Crippen molar-refractivity contribution in [2.45, 2.75) is 18.1 Å². The molecule has 1 unspecified atom stereocenters. The SMILES string of the molecule is CN1C(=O)[C@@H](O)C(c2ccccc2)[C@H]1C(=O)c1ccccc1. The fourth-order valence-electron chi connectivity index (χ4n) is 3.06. The maximum Gasteiger partial charge on any atom is 0.252 e. The van der Waals surface area contributed by atoms with Gasteiger partial charge in [0.1, 0.15) is 12.1 Å². The number of Topliss-reactive ketones (excluding diaryl/α,β-unsaturated/α-hetero) is 1. The number of nitrogens with zero attached hydrogens (tertiary/aromatic N) is 1. The molecule has 2 aromatic rings. The van der Waals surface area contributed by atoms with Gasteiger partial charge >= 0.3 is 0 Å². The van der Waals surface area contributed by atoms with E-state index < -0.39 is 24.0 Å². The molecular weight excluding hydrogens is 278 g/mol. The third-order valence-corrected chi connectivity index (χ3v) is 4.21. The molecule has 0 saturated carbocycles. The largest absolute Gasteiger partial charge is 0.383 e. The van der Waals surface area contributed by atoms with Crippen molar-refractivity contribution in [3.8, 4) is 0 Å². The van der Waals surface area contributed by atoms with Gasteiger partial charge in [-0.15, -0.1) is 0 Å². The third-order valence-electron chi connectivity index (χ3n) is 4.21. The molecule has 1 N–H and O–H groups in total. The van der Waals surface area contributed by atoms with Crippen LogP contribution in [-0.4, -0.2) is 40.9 Å². The molecule has 0 aliphatic carbocycles. The first kappa shape index (κ1) is 14.5. The van der Waals surface area contributed by atoms with Gasteiger partial charge in [-0.25, -0.2) is 0 Å². The molecule has 22 heavy (non-hydrogen) atoms. The average Bonchev–Trinajstić information content (AvgIpc) is 2.80. The Morgan fingerprint density at radius 2 is 1.55 bits per heavy atom. The van der Waals surface area contributed by atoms with Crippen LogP contribution in [0.5, 0.6) is 0 Å². The van der Waals surface area contributed by atoms with Crippen LogP contribution >= 0.6 is 0 Å². The summed E-state index contributed by atoms with van der Waals surface area (Å²) in [4.78, 5) is 26.3. The Morgan fingerprint density at radius 1 is 1.00 bits per heavy atom. The molecule has 0 spiro atoms. The molecular formula is C18H17NO3. The lowest BCUT2D eigenvalue weighted by molar-refractivity contribution is -0.134. The van der Waals surface area contributed by atoms with E-state index >= 15 is 0 Å². The number of benzene rings is 2. The van der Waals surface area contributed by atoms with E-state index in [4.69, 9.17) is 0 Å². The second-order valence-corrected chi connectivity index (χ2v) is 5.51. The van der Waals surface area contributed by atoms with Gasteiger partial charge in [0.25, 0.3) is 5.91 Å². The summed E-state index contributed by atoms with van der Waals surface area (Å²) in [5, 5.41) is 10.3. The minimum Gasteiger partial charge on any atom is -0.383 e. The first-order valence-electron chi connectivity index (χ1n) is 7.20. The molecule has 2 aromatic carbocycles. The van der Waals surface area contributed by atoms with Gasteiger partial charge in [0.05, 0.1) is 0 Å². The van der Waals surface area contributed by atoms with Gasteiger partial charge in [0.15, 0.2) is 5.78 Å². The molecule has 112 valence electrons. The van der Waals surface area contributed by atoms with Crippen LogP contribution in [0.4, 0.5) is 0 Å². The number of hydrogen-bond acceptors (Lipinski definition) is 3. The number of carbonyl (C=O) groups is 2. The number of ketones is 1. The van der Waals surface area contributed by atoms with Gasteiger partial charge in [-0.1, -0.05) is 60.7 Å². The van der Waals surface area contributed by atoms with Crippen LogP contribution in [0.1, 0.15) is 21.8 Å². The predicted octanol–water partition coefficient (Wildman–Crippen LogP) is 1.85. The molecule has 0 bridgehead atoms. The number of hydrogen-bond donors (Lipinski definition) is 1. The molecule has 3 rings (SSSR count). The molecule has 1 fully saturated rings. The standard InChI is InChI=1S/C18H17NO3/c1-19-15(16(20)13-10-6-3-7-11-13)14(17(21)18(19)22)12-8-4-2-5-9-12/h2-11,14-15,17,21H,1H3/t14?,15-,17-/m0/s1. The zero-order valence-electron chi connectivity index (χ0n) is 12.2. The highest BCUT2D eigenvalue weighted by atomic mass is 16.3. The first-order chi connectivity index (χ1) is 10.6. The van der Waals surface area contributed by atoms with E-state index in [1.807, 2.05) is 36.4 Å². The van der Waals surface area contributed by atoms with Crippen molar-refractivity contribution in [1.82, 2.24) is 4.90 Å². The summed E-state index contributed by atoms with van der Waals surface area (Å²) in [6.45, 7) is 0. The van der Waals surface area contributed by atoms with Crippen LogP contribution in [-0.2, 0) is 4.79 Å². The molecule has 1 amide bonds. The van der Waals surface area contributed by atoms with E-state index in [2.05, 4.69) is 0 Å². The summed E-state index contributed by atoms with van der Waals surface area (Å²) in [5.74, 6) is -1.11. The maximum atomic E-state index is 12.8. The maximum absolute atomic E-state index is 12.8. The number of likely N-dealkylation sites (N-methyl/N-ethyl adjacent to an activating group) is 1. The number of aliphatic hydroxyl groups excluding tert-OH is 1. The number of carbonyl (C=O) groups excluding carboxylic acids is 2. The fraction of sp³-hybridized carbons (Fsp3) is 0.222. The lowest BCUT2D eigenvalue weighted by atomic mass is 9.86. The molecule has 0 radical (unpaired) electrons. The molecule has 4 nitrogen and oxygen atoms in total. The second kappa shape index (κ2) is 5.73. The second-order valence-electron chi connectivity index (χ2n) is 5.51. The highest BCUT2D eigenvalue weighted by Crippen LogP contribution is 2.35. The summed E-state index contributed by atoms with van der Waals surface area (Å²) in [7, 11) is 1.57. The number of rotatable bonds is 3. The molecule has 1 saturated heterocycles. The lowest BCUT2D eigenvalue weighted by Crippen LogP contribution is -2.38. The van der Waals surface area contributed by atoms with Gasteiger partial charge < -0.3 is 10.0 Å². The van der Waals surface area contributed by atoms with E-state index in [9.17, 15) is 14.7 Å². The fourth-order valence-corrected chi connectivity index (χ4v) is 3.06. The first-order valence-corrected chi connectivity index (χ1v) is 7.20. The van der Waals surface area contributed by atoms with Crippen LogP contribution in [0.25, 0.3) is 0 Å². The van der Waals surface area contributed by atoms with Crippen molar-refractivity contribution in [3.63, 3.8) is 0 Å². The van der Waals surface area contributed by atoms with Gasteiger partial charge in [0.2, 0.25) is 0 Å². The Labute approximate surface area is 129 Å². The molecule has 1 heterocycles. The summed E-state index contributed by atoms with van der Waals surface area (Å²) in [5.41, 5.74) is 1.34. The average molecular weight is 295 g/mol. The molecule has 1 aliphatic heterocycles. The Bertz CT molecular complexity index is 684. The zero-order valence-corrected chi connectivity index (χ0v) is 12.2. The van der Waals surface area contributed by atoms with Gasteiger partial charge in [-0.2, -0.15) is 0 Å². The Hall–Kier alpha value is -2.46. The van der Waals surface area contributed by atoms with Crippen molar-refractivity contribution < 1.29 is 14.7 Å². The Morgan fingerprint density at radius 3 is 2.14 bits per heavy atom. The van der Waals surface area contributed by atoms with E-state index in [-0.39, 0.29) is 5.78 Å². The van der Waals surface area contributed by atoms with Crippen molar-refractivity contribution >= 4 is 11.7 Å². The summed E-state index contributed by atoms with van der Waals surface area (Å²) >= 11 is 0. The van der Waals surface area contributed by atoms with Crippen LogP contribution in [0, 0.1) is 0 Å². The van der Waals surface area contributed by atoms with E-state index in [1.165, 1.54) is 4.90 Å². The van der Waals surface area contributed by atoms with Crippen LogP contribution in [0.2, 0.25) is 0 Å². The molecule has 3 atom stereocenters. The minimum atomic E-state index is -1.19. The highest BCUT2D eigenvalue weighted by Gasteiger charge is 2.49. The highest BCUT2D eigenvalue weighted by molar-refractivity contribution is 6.05. The molecule has 1 aliphatic rings. The number of likely N-dealkylation sites (tertiary alicyclic amines) is 1. The van der Waals surface area contributed by atoms with Crippen molar-refractivity contribution in [2.75, 3.05) is 7.05 Å². The summed E-state index contributed by atoms with van der Waals surface area (Å²) < 4.78 is 0. The van der Waals surface area contributed by atoms with Crippen LogP contribution in [0.3, 0.4) is 0 Å².